The fraction of sp³-hybridized carbons (Fsp3) is 0.667. The van der Waals surface area contributed by atoms with Gasteiger partial charge in [-0.3, -0.25) is 10.6 Å². The Hall–Kier alpha value is -2.34. The first-order chi connectivity index (χ1) is 14.0. The van der Waals surface area contributed by atoms with E-state index in [4.69, 9.17) is 0 Å². The van der Waals surface area contributed by atoms with Crippen LogP contribution in [-0.2, 0) is 0 Å². The number of aromatic nitrogens is 4. The summed E-state index contributed by atoms with van der Waals surface area (Å²) in [6.45, 7) is 10.7. The van der Waals surface area contributed by atoms with Gasteiger partial charge in [0.05, 0.1) is 0 Å². The number of hydrogen-bond acceptors (Lipinski definition) is 8. The minimum Gasteiger partial charge on any atom is -0.337 e. The molecule has 1 aliphatic rings. The van der Waals surface area contributed by atoms with Gasteiger partial charge in [-0.25, -0.2) is 9.59 Å². The van der Waals surface area contributed by atoms with Gasteiger partial charge in [-0.15, -0.1) is 20.4 Å². The van der Waals surface area contributed by atoms with Crippen LogP contribution in [-0.4, -0.2) is 45.0 Å². The van der Waals surface area contributed by atoms with Gasteiger partial charge in [-0.2, -0.15) is 0 Å². The monoisotopic (exact) mass is 452 g/mol. The zero-order chi connectivity index (χ0) is 21.9. The highest BCUT2D eigenvalue weighted by Gasteiger charge is 2.42. The summed E-state index contributed by atoms with van der Waals surface area (Å²) in [4.78, 5) is 24.7. The normalized spacial score (nSPS) is 22.9. The average molecular weight is 453 g/mol. The molecule has 10 nitrogen and oxygen atoms in total. The Morgan fingerprint density at radius 3 is 2.03 bits per heavy atom. The molecule has 30 heavy (non-hydrogen) atoms. The summed E-state index contributed by atoms with van der Waals surface area (Å²) >= 11 is 2.66. The molecule has 1 aliphatic carbocycles. The summed E-state index contributed by atoms with van der Waals surface area (Å²) in [5, 5.41) is 29.6. The lowest BCUT2D eigenvalue weighted by molar-refractivity contribution is 0.0761. The van der Waals surface area contributed by atoms with E-state index < -0.39 is 0 Å². The van der Waals surface area contributed by atoms with E-state index in [1.165, 1.54) is 22.7 Å². The highest BCUT2D eigenvalue weighted by atomic mass is 32.1. The Morgan fingerprint density at radius 2 is 1.50 bits per heavy atom. The summed E-state index contributed by atoms with van der Waals surface area (Å²) in [5.74, 6) is 0. The van der Waals surface area contributed by atoms with E-state index >= 15 is 0 Å². The van der Waals surface area contributed by atoms with Crippen molar-refractivity contribution in [2.75, 3.05) is 17.2 Å². The number of hydrogen-bond donors (Lipinski definition) is 4. The van der Waals surface area contributed by atoms with E-state index in [9.17, 15) is 9.59 Å². The second-order valence-electron chi connectivity index (χ2n) is 8.92. The lowest BCUT2D eigenvalue weighted by Gasteiger charge is -2.46. The van der Waals surface area contributed by atoms with E-state index in [0.29, 0.717) is 16.8 Å². The molecule has 0 aliphatic heterocycles. The van der Waals surface area contributed by atoms with E-state index in [1.807, 2.05) is 13.8 Å². The zero-order valence-corrected chi connectivity index (χ0v) is 19.5. The average Bonchev–Trinajstić information content (AvgIpc) is 3.19. The fourth-order valence-electron chi connectivity index (χ4n) is 4.32. The molecular weight excluding hydrogens is 424 g/mol. The van der Waals surface area contributed by atoms with Crippen LogP contribution in [0.5, 0.6) is 0 Å². The molecule has 2 heterocycles. The number of urea groups is 2. The van der Waals surface area contributed by atoms with Gasteiger partial charge in [-0.1, -0.05) is 43.4 Å². The molecule has 2 aromatic rings. The van der Waals surface area contributed by atoms with E-state index in [1.54, 1.807) is 0 Å². The van der Waals surface area contributed by atoms with Crippen LogP contribution in [0.3, 0.4) is 0 Å². The SMILES string of the molecule is Cc1nnc(NC(=O)NC[C@@]2(C)C[C@H](NC(=O)Nc3nnc(C)s3)CC(C)(C)C2)s1. The zero-order valence-electron chi connectivity index (χ0n) is 17.8. The number of anilines is 2. The fourth-order valence-corrected chi connectivity index (χ4v) is 5.49. The molecule has 2 atom stereocenters. The van der Waals surface area contributed by atoms with Crippen LogP contribution in [0, 0.1) is 24.7 Å². The molecule has 0 spiro atoms. The summed E-state index contributed by atoms with van der Waals surface area (Å²) in [7, 11) is 0. The Labute approximate surface area is 183 Å². The lowest BCUT2D eigenvalue weighted by atomic mass is 9.62. The minimum absolute atomic E-state index is 0.0107. The van der Waals surface area contributed by atoms with Gasteiger partial charge < -0.3 is 10.6 Å². The Kier molecular flexibility index (Phi) is 6.56. The number of amides is 4. The van der Waals surface area contributed by atoms with Gasteiger partial charge in [0.15, 0.2) is 0 Å². The van der Waals surface area contributed by atoms with Crippen LogP contribution in [0.4, 0.5) is 19.9 Å². The van der Waals surface area contributed by atoms with Crippen LogP contribution < -0.4 is 21.3 Å². The van der Waals surface area contributed by atoms with Crippen molar-refractivity contribution in [1.82, 2.24) is 31.0 Å². The van der Waals surface area contributed by atoms with Crippen molar-refractivity contribution in [1.29, 1.82) is 0 Å². The number of aryl methyl sites for hydroxylation is 2. The number of nitrogens with zero attached hydrogens (tertiary/aromatic N) is 4. The summed E-state index contributed by atoms with van der Waals surface area (Å²) in [6.07, 6.45) is 2.56. The molecule has 1 saturated carbocycles. The molecule has 0 aromatic carbocycles. The van der Waals surface area contributed by atoms with Gasteiger partial charge in [0.2, 0.25) is 10.3 Å². The standard InChI is InChI=1S/C18H28N8O2S2/c1-10-23-25-15(29-10)21-13(27)19-9-18(5)7-12(6-17(3,4)8-18)20-14(28)22-16-26-24-11(2)30-16/h12H,6-9H2,1-5H3,(H2,19,21,25,27)(H2,20,22,26,28)/t12-,18+/m1/s1. The topological polar surface area (TPSA) is 134 Å². The first-order valence-corrected chi connectivity index (χ1v) is 11.4. The third-order valence-electron chi connectivity index (χ3n) is 4.95. The maximum absolute atomic E-state index is 12.4. The number of rotatable bonds is 5. The quantitative estimate of drug-likeness (QED) is 0.548. The number of carbonyl (C=O) groups is 2. The predicted molar refractivity (Wildman–Crippen MR) is 118 cm³/mol. The van der Waals surface area contributed by atoms with E-state index in [-0.39, 0.29) is 28.9 Å². The maximum Gasteiger partial charge on any atom is 0.321 e. The predicted octanol–water partition coefficient (Wildman–Crippen LogP) is 3.53. The number of carbonyl (C=O) groups excluding carboxylic acids is 2. The highest BCUT2D eigenvalue weighted by Crippen LogP contribution is 2.45. The van der Waals surface area contributed by atoms with Crippen LogP contribution >= 0.6 is 22.7 Å². The summed E-state index contributed by atoms with van der Waals surface area (Å²) in [5.41, 5.74) is -0.133. The molecule has 164 valence electrons. The molecule has 0 bridgehead atoms. The molecule has 4 N–H and O–H groups in total. The smallest absolute Gasteiger partial charge is 0.321 e. The third-order valence-corrected chi connectivity index (χ3v) is 6.46. The van der Waals surface area contributed by atoms with Crippen LogP contribution in [0.15, 0.2) is 0 Å². The summed E-state index contributed by atoms with van der Waals surface area (Å²) < 4.78 is 0. The van der Waals surface area contributed by atoms with Crippen molar-refractivity contribution < 1.29 is 9.59 Å². The molecule has 4 amide bonds. The molecular formula is C18H28N8O2S2. The van der Waals surface area contributed by atoms with Gasteiger partial charge in [0.25, 0.3) is 0 Å². The van der Waals surface area contributed by atoms with Crippen LogP contribution in [0.1, 0.15) is 50.0 Å². The Balaban J connectivity index is 1.55. The minimum atomic E-state index is -0.301. The Morgan fingerprint density at radius 1 is 0.933 bits per heavy atom. The third kappa shape index (κ3) is 6.33. The van der Waals surface area contributed by atoms with E-state index in [2.05, 4.69) is 62.4 Å². The van der Waals surface area contributed by atoms with Crippen LogP contribution in [0.2, 0.25) is 0 Å². The molecule has 0 saturated heterocycles. The van der Waals surface area contributed by atoms with Gasteiger partial charge >= 0.3 is 12.1 Å². The van der Waals surface area contributed by atoms with Gasteiger partial charge in [-0.05, 0) is 43.9 Å². The maximum atomic E-state index is 12.4. The van der Waals surface area contributed by atoms with Crippen molar-refractivity contribution in [3.8, 4) is 0 Å². The van der Waals surface area contributed by atoms with Crippen molar-refractivity contribution >= 4 is 45.0 Å². The first kappa shape index (κ1) is 22.3. The van der Waals surface area contributed by atoms with Crippen molar-refractivity contribution in [3.05, 3.63) is 10.0 Å². The van der Waals surface area contributed by atoms with Gasteiger partial charge in [0.1, 0.15) is 10.0 Å². The lowest BCUT2D eigenvalue weighted by Crippen LogP contribution is -2.51. The molecule has 0 unspecified atom stereocenters. The molecule has 2 aromatic heterocycles. The highest BCUT2D eigenvalue weighted by molar-refractivity contribution is 7.15. The first-order valence-electron chi connectivity index (χ1n) is 9.75. The van der Waals surface area contributed by atoms with Crippen molar-refractivity contribution in [2.45, 2.75) is 59.9 Å². The largest absolute Gasteiger partial charge is 0.337 e. The van der Waals surface area contributed by atoms with E-state index in [0.717, 1.165) is 29.3 Å². The molecule has 12 heteroatoms. The van der Waals surface area contributed by atoms with Gasteiger partial charge in [0, 0.05) is 12.6 Å². The number of nitrogens with one attached hydrogen (secondary N) is 4. The second-order valence-corrected chi connectivity index (χ2v) is 11.3. The molecule has 1 fully saturated rings. The van der Waals surface area contributed by atoms with Crippen molar-refractivity contribution in [3.63, 3.8) is 0 Å². The molecule has 3 rings (SSSR count). The van der Waals surface area contributed by atoms with Crippen molar-refractivity contribution in [2.24, 2.45) is 10.8 Å². The summed E-state index contributed by atoms with van der Waals surface area (Å²) in [6, 6.07) is -0.596. The molecule has 0 radical (unpaired) electrons. The Bertz CT molecular complexity index is 912. The second kappa shape index (κ2) is 8.80. The van der Waals surface area contributed by atoms with Crippen LogP contribution in [0.25, 0.3) is 0 Å².